The van der Waals surface area contributed by atoms with Gasteiger partial charge in [0.1, 0.15) is 17.1 Å². The largest absolute Gasteiger partial charge is 0.444 e. The lowest BCUT2D eigenvalue weighted by Gasteiger charge is -2.20. The molecule has 2 N–H and O–H groups in total. The molecule has 2 amide bonds. The Hall–Kier alpha value is -4.20. The number of nitrogens with one attached hydrogen (secondary N) is 2. The summed E-state index contributed by atoms with van der Waals surface area (Å²) < 4.78 is 21.3. The summed E-state index contributed by atoms with van der Waals surface area (Å²) in [6.45, 7) is 5.72. The van der Waals surface area contributed by atoms with E-state index in [9.17, 15) is 14.0 Å². The summed E-state index contributed by atoms with van der Waals surface area (Å²) in [6.07, 6.45) is 7.80. The summed E-state index contributed by atoms with van der Waals surface area (Å²) in [6, 6.07) is 15.8. The number of halogens is 1. The second-order valence-corrected chi connectivity index (χ2v) is 8.39. The third kappa shape index (κ3) is 7.74. The van der Waals surface area contributed by atoms with Crippen LogP contribution >= 0.6 is 0 Å². The second kappa shape index (κ2) is 11.1. The quantitative estimate of drug-likeness (QED) is 0.439. The van der Waals surface area contributed by atoms with Crippen molar-refractivity contribution in [2.75, 3.05) is 10.6 Å². The minimum absolute atomic E-state index is 0.0884. The van der Waals surface area contributed by atoms with Gasteiger partial charge in [0.2, 0.25) is 5.91 Å². The van der Waals surface area contributed by atoms with Gasteiger partial charge in [-0.2, -0.15) is 5.10 Å². The molecule has 0 fully saturated rings. The Morgan fingerprint density at radius 1 is 1.03 bits per heavy atom. The monoisotopic (exact) mass is 462 g/mol. The molecular formula is C26H27FN4O3. The van der Waals surface area contributed by atoms with Crippen molar-refractivity contribution in [2.45, 2.75) is 32.9 Å². The van der Waals surface area contributed by atoms with Crippen LogP contribution in [0.4, 0.5) is 20.6 Å². The van der Waals surface area contributed by atoms with Crippen LogP contribution < -0.4 is 10.6 Å². The highest BCUT2D eigenvalue weighted by Crippen LogP contribution is 2.26. The predicted molar refractivity (Wildman–Crippen MR) is 132 cm³/mol. The van der Waals surface area contributed by atoms with Crippen LogP contribution in [0.3, 0.4) is 0 Å². The second-order valence-electron chi connectivity index (χ2n) is 8.39. The highest BCUT2D eigenvalue weighted by atomic mass is 19.1. The van der Waals surface area contributed by atoms with E-state index in [-0.39, 0.29) is 11.4 Å². The first-order valence-electron chi connectivity index (χ1n) is 10.7. The number of anilines is 2. The highest BCUT2D eigenvalue weighted by molar-refractivity contribution is 6.05. The van der Waals surface area contributed by atoms with E-state index < -0.39 is 23.4 Å². The number of aromatic nitrogens is 2. The van der Waals surface area contributed by atoms with E-state index in [4.69, 9.17) is 4.74 Å². The van der Waals surface area contributed by atoms with Gasteiger partial charge in [0.15, 0.2) is 0 Å². The third-order valence-corrected chi connectivity index (χ3v) is 4.37. The molecule has 34 heavy (non-hydrogen) atoms. The van der Waals surface area contributed by atoms with Crippen LogP contribution in [0.2, 0.25) is 0 Å². The van der Waals surface area contributed by atoms with E-state index in [1.807, 2.05) is 42.5 Å². The Labute approximate surface area is 197 Å². The van der Waals surface area contributed by atoms with Gasteiger partial charge >= 0.3 is 6.09 Å². The molecule has 0 aliphatic carbocycles. The number of benzene rings is 2. The van der Waals surface area contributed by atoms with Crippen molar-refractivity contribution < 1.29 is 18.7 Å². The number of carbonyl (C=O) groups excluding carboxylic acids is 2. The van der Waals surface area contributed by atoms with Gasteiger partial charge in [-0.3, -0.25) is 14.8 Å². The zero-order chi connectivity index (χ0) is 24.6. The molecule has 8 heteroatoms. The van der Waals surface area contributed by atoms with Crippen LogP contribution in [0.25, 0.3) is 12.2 Å². The molecule has 0 aliphatic rings. The first-order valence-corrected chi connectivity index (χ1v) is 10.7. The van der Waals surface area contributed by atoms with Crippen LogP contribution in [0.5, 0.6) is 0 Å². The fourth-order valence-corrected chi connectivity index (χ4v) is 2.92. The van der Waals surface area contributed by atoms with Gasteiger partial charge in [0.05, 0.1) is 17.9 Å². The molecule has 7 nitrogen and oxygen atoms in total. The molecule has 0 saturated heterocycles. The number of carbonyl (C=O) groups is 2. The van der Waals surface area contributed by atoms with E-state index >= 15 is 0 Å². The molecule has 0 atom stereocenters. The van der Waals surface area contributed by atoms with Crippen molar-refractivity contribution >= 4 is 35.5 Å². The summed E-state index contributed by atoms with van der Waals surface area (Å²) in [7, 11) is 0. The Morgan fingerprint density at radius 3 is 2.53 bits per heavy atom. The lowest BCUT2D eigenvalue weighted by Crippen LogP contribution is -2.27. The van der Waals surface area contributed by atoms with Gasteiger partial charge in [-0.05, 0) is 50.6 Å². The minimum Gasteiger partial charge on any atom is -0.444 e. The topological polar surface area (TPSA) is 85.3 Å². The maximum Gasteiger partial charge on any atom is 0.412 e. The van der Waals surface area contributed by atoms with E-state index in [0.717, 1.165) is 5.56 Å². The van der Waals surface area contributed by atoms with E-state index in [1.54, 1.807) is 37.7 Å². The lowest BCUT2D eigenvalue weighted by atomic mass is 10.2. The molecule has 1 aromatic heterocycles. The molecule has 176 valence electrons. The molecule has 0 spiro atoms. The van der Waals surface area contributed by atoms with Gasteiger partial charge in [-0.1, -0.05) is 48.6 Å². The summed E-state index contributed by atoms with van der Waals surface area (Å²) in [4.78, 5) is 24.4. The number of amides is 2. The fraction of sp³-hybridized carbons (Fsp3) is 0.192. The number of hydrogen-bond acceptors (Lipinski definition) is 4. The standard InChI is InChI=1S/C26H27FN4O3/c1-26(2,3)34-25(33)28-22-13-7-12-21(27)24(22)29-23(32)15-14-20-16-18-31(30-20)17-8-11-19-9-5-4-6-10-19/h4-16,18H,17H2,1-3H3,(H,28,33)(H,29,32)/b11-8?,15-14+. The van der Waals surface area contributed by atoms with E-state index in [1.165, 1.54) is 30.4 Å². The van der Waals surface area contributed by atoms with Crippen LogP contribution in [0, 0.1) is 5.82 Å². The number of nitrogens with zero attached hydrogens (tertiary/aromatic N) is 2. The Morgan fingerprint density at radius 2 is 1.79 bits per heavy atom. The highest BCUT2D eigenvalue weighted by Gasteiger charge is 2.19. The fourth-order valence-electron chi connectivity index (χ4n) is 2.92. The first kappa shape index (κ1) is 24.4. The summed E-state index contributed by atoms with van der Waals surface area (Å²) in [5, 5.41) is 9.30. The normalized spacial score (nSPS) is 11.6. The van der Waals surface area contributed by atoms with Crippen molar-refractivity contribution in [1.82, 2.24) is 9.78 Å². The van der Waals surface area contributed by atoms with Crippen LogP contribution in [-0.4, -0.2) is 27.4 Å². The zero-order valence-electron chi connectivity index (χ0n) is 19.3. The zero-order valence-corrected chi connectivity index (χ0v) is 19.3. The molecule has 3 aromatic rings. The molecule has 0 bridgehead atoms. The molecule has 3 rings (SSSR count). The molecule has 0 radical (unpaired) electrons. The number of hydrogen-bond donors (Lipinski definition) is 2. The SMILES string of the molecule is CC(C)(C)OC(=O)Nc1cccc(F)c1NC(=O)/C=C/c1ccn(CC=Cc2ccccc2)n1. The first-order chi connectivity index (χ1) is 16.2. The van der Waals surface area contributed by atoms with Gasteiger partial charge in [0.25, 0.3) is 0 Å². The molecule has 0 aliphatic heterocycles. The Balaban J connectivity index is 1.60. The summed E-state index contributed by atoms with van der Waals surface area (Å²) in [5.41, 5.74) is 0.888. The van der Waals surface area contributed by atoms with Crippen molar-refractivity contribution in [2.24, 2.45) is 0 Å². The smallest absolute Gasteiger partial charge is 0.412 e. The van der Waals surface area contributed by atoms with Crippen molar-refractivity contribution in [3.63, 3.8) is 0 Å². The average Bonchev–Trinajstić information content (AvgIpc) is 3.22. The van der Waals surface area contributed by atoms with Crippen LogP contribution in [-0.2, 0) is 16.1 Å². The molecule has 1 heterocycles. The number of ether oxygens (including phenoxy) is 1. The average molecular weight is 463 g/mol. The van der Waals surface area contributed by atoms with Gasteiger partial charge in [0, 0.05) is 12.3 Å². The lowest BCUT2D eigenvalue weighted by molar-refractivity contribution is -0.111. The Bertz CT molecular complexity index is 1190. The van der Waals surface area contributed by atoms with Crippen molar-refractivity contribution in [1.29, 1.82) is 0 Å². The maximum atomic E-state index is 14.4. The van der Waals surface area contributed by atoms with Gasteiger partial charge < -0.3 is 10.1 Å². The van der Waals surface area contributed by atoms with Gasteiger partial charge in [-0.15, -0.1) is 0 Å². The predicted octanol–water partition coefficient (Wildman–Crippen LogP) is 5.73. The van der Waals surface area contributed by atoms with Crippen molar-refractivity contribution in [3.05, 3.63) is 90.0 Å². The Kier molecular flexibility index (Phi) is 7.97. The van der Waals surface area contributed by atoms with Crippen LogP contribution in [0.15, 0.2) is 72.9 Å². The van der Waals surface area contributed by atoms with Crippen molar-refractivity contribution in [3.8, 4) is 0 Å². The van der Waals surface area contributed by atoms with Crippen LogP contribution in [0.1, 0.15) is 32.0 Å². The molecule has 0 saturated carbocycles. The number of para-hydroxylation sites is 1. The molecule has 2 aromatic carbocycles. The maximum absolute atomic E-state index is 14.4. The minimum atomic E-state index is -0.754. The third-order valence-electron chi connectivity index (χ3n) is 4.37. The number of allylic oxidation sites excluding steroid dienone is 1. The summed E-state index contributed by atoms with van der Waals surface area (Å²) in [5.74, 6) is -1.26. The molecular weight excluding hydrogens is 435 g/mol. The van der Waals surface area contributed by atoms with E-state index in [2.05, 4.69) is 15.7 Å². The molecule has 0 unspecified atom stereocenters. The summed E-state index contributed by atoms with van der Waals surface area (Å²) >= 11 is 0. The van der Waals surface area contributed by atoms with Gasteiger partial charge in [-0.25, -0.2) is 9.18 Å². The number of rotatable bonds is 7. The van der Waals surface area contributed by atoms with E-state index in [0.29, 0.717) is 12.2 Å².